The lowest BCUT2D eigenvalue weighted by molar-refractivity contribution is -0.130. The normalized spacial score (nSPS) is 10.3. The first-order valence-electron chi connectivity index (χ1n) is 9.37. The van der Waals surface area contributed by atoms with E-state index >= 15 is 0 Å². The number of nitrogens with zero attached hydrogens (tertiary/aromatic N) is 1. The molecule has 0 spiro atoms. The summed E-state index contributed by atoms with van der Waals surface area (Å²) in [6.07, 6.45) is 5.69. The van der Waals surface area contributed by atoms with Gasteiger partial charge < -0.3 is 14.6 Å². The molecule has 0 aliphatic rings. The Hall–Kier alpha value is -3.30. The number of carbonyl (C=O) groups is 2. The molecule has 3 rings (SSSR count). The number of carbonyl (C=O) groups excluding carboxylic acids is 2. The van der Waals surface area contributed by atoms with Crippen molar-refractivity contribution >= 4 is 33.4 Å². The van der Waals surface area contributed by atoms with Gasteiger partial charge >= 0.3 is 0 Å². The molecule has 0 aliphatic carbocycles. The Bertz CT molecular complexity index is 1060. The highest BCUT2D eigenvalue weighted by Gasteiger charge is 2.15. The summed E-state index contributed by atoms with van der Waals surface area (Å²) in [5, 5.41) is 2.76. The van der Waals surface area contributed by atoms with Crippen molar-refractivity contribution < 1.29 is 14.0 Å². The second kappa shape index (κ2) is 9.95. The van der Waals surface area contributed by atoms with Gasteiger partial charge in [-0.1, -0.05) is 47.9 Å². The molecule has 0 saturated carbocycles. The molecule has 2 aromatic carbocycles. The van der Waals surface area contributed by atoms with Gasteiger partial charge in [0.05, 0.1) is 13.0 Å². The van der Waals surface area contributed by atoms with Crippen LogP contribution in [0.15, 0.2) is 69.8 Å². The minimum absolute atomic E-state index is 0.0502. The first-order chi connectivity index (χ1) is 14.4. The van der Waals surface area contributed by atoms with Crippen molar-refractivity contribution in [2.45, 2.75) is 19.9 Å². The van der Waals surface area contributed by atoms with Crippen LogP contribution in [0, 0.1) is 19.3 Å². The standard InChI is InChI=1S/C24H21BrN2O3/c1-3-14-27(16-19-6-4-17(2)5-7-19)23(28)15-18-8-10-20(11-9-18)26-24(29)21-12-13-22(25)30-21/h1,4-13H,14-16H2,2H3,(H,26,29). The highest BCUT2D eigenvalue weighted by atomic mass is 79.9. The van der Waals surface area contributed by atoms with Crippen LogP contribution < -0.4 is 5.32 Å². The van der Waals surface area contributed by atoms with Gasteiger partial charge in [0, 0.05) is 12.2 Å². The quantitative estimate of drug-likeness (QED) is 0.510. The zero-order chi connectivity index (χ0) is 21.5. The zero-order valence-electron chi connectivity index (χ0n) is 16.5. The summed E-state index contributed by atoms with van der Waals surface area (Å²) in [4.78, 5) is 26.6. The first kappa shape index (κ1) is 21.4. The molecule has 1 heterocycles. The molecule has 2 amide bonds. The van der Waals surface area contributed by atoms with Crippen LogP contribution >= 0.6 is 15.9 Å². The van der Waals surface area contributed by atoms with Crippen LogP contribution in [0.4, 0.5) is 5.69 Å². The largest absolute Gasteiger partial charge is 0.444 e. The number of hydrogen-bond acceptors (Lipinski definition) is 3. The first-order valence-corrected chi connectivity index (χ1v) is 10.2. The molecule has 1 N–H and O–H groups in total. The van der Waals surface area contributed by atoms with Crippen molar-refractivity contribution in [1.82, 2.24) is 4.90 Å². The maximum Gasteiger partial charge on any atom is 0.291 e. The third-order valence-corrected chi connectivity index (χ3v) is 4.92. The summed E-state index contributed by atoms with van der Waals surface area (Å²) in [5.74, 6) is 2.37. The summed E-state index contributed by atoms with van der Waals surface area (Å²) >= 11 is 3.17. The van der Waals surface area contributed by atoms with Crippen LogP contribution in [-0.4, -0.2) is 23.3 Å². The van der Waals surface area contributed by atoms with Crippen LogP contribution in [0.25, 0.3) is 0 Å². The van der Waals surface area contributed by atoms with Gasteiger partial charge in [-0.15, -0.1) is 6.42 Å². The molecule has 0 aliphatic heterocycles. The van der Waals surface area contributed by atoms with E-state index in [0.29, 0.717) is 16.9 Å². The summed E-state index contributed by atoms with van der Waals surface area (Å²) in [6.45, 7) is 2.74. The summed E-state index contributed by atoms with van der Waals surface area (Å²) in [6, 6.07) is 18.4. The van der Waals surface area contributed by atoms with Crippen molar-refractivity contribution in [2.24, 2.45) is 0 Å². The Kier molecular flexibility index (Phi) is 7.10. The van der Waals surface area contributed by atoms with Crippen LogP contribution in [0.3, 0.4) is 0 Å². The molecule has 0 atom stereocenters. The van der Waals surface area contributed by atoms with Gasteiger partial charge in [-0.3, -0.25) is 9.59 Å². The van der Waals surface area contributed by atoms with Crippen molar-refractivity contribution in [1.29, 1.82) is 0 Å². The van der Waals surface area contributed by atoms with E-state index in [2.05, 4.69) is 27.2 Å². The average Bonchev–Trinajstić information content (AvgIpc) is 3.17. The highest BCUT2D eigenvalue weighted by molar-refractivity contribution is 9.10. The van der Waals surface area contributed by atoms with Crippen LogP contribution in [0.1, 0.15) is 27.2 Å². The van der Waals surface area contributed by atoms with E-state index in [9.17, 15) is 9.59 Å². The van der Waals surface area contributed by atoms with Gasteiger partial charge in [0.2, 0.25) is 5.91 Å². The molecule has 6 heteroatoms. The fourth-order valence-electron chi connectivity index (χ4n) is 2.88. The van der Waals surface area contributed by atoms with Crippen molar-refractivity contribution in [3.8, 4) is 12.3 Å². The maximum absolute atomic E-state index is 12.8. The second-order valence-corrected chi connectivity index (χ2v) is 7.65. The van der Waals surface area contributed by atoms with E-state index in [1.54, 1.807) is 29.2 Å². The number of hydrogen-bond donors (Lipinski definition) is 1. The number of benzene rings is 2. The number of furan rings is 1. The van der Waals surface area contributed by atoms with Gasteiger partial charge in [0.1, 0.15) is 0 Å². The molecule has 0 bridgehead atoms. The van der Waals surface area contributed by atoms with E-state index in [1.165, 1.54) is 5.56 Å². The molecule has 3 aromatic rings. The van der Waals surface area contributed by atoms with Crippen molar-refractivity contribution in [3.63, 3.8) is 0 Å². The number of halogens is 1. The van der Waals surface area contributed by atoms with Crippen molar-refractivity contribution in [2.75, 3.05) is 11.9 Å². The highest BCUT2D eigenvalue weighted by Crippen LogP contribution is 2.17. The Morgan fingerprint density at radius 1 is 1.03 bits per heavy atom. The summed E-state index contributed by atoms with van der Waals surface area (Å²) in [5.41, 5.74) is 3.65. The predicted molar refractivity (Wildman–Crippen MR) is 120 cm³/mol. The minimum Gasteiger partial charge on any atom is -0.444 e. The number of aryl methyl sites for hydroxylation is 1. The molecule has 5 nitrogen and oxygen atoms in total. The zero-order valence-corrected chi connectivity index (χ0v) is 18.1. The fraction of sp³-hybridized carbons (Fsp3) is 0.167. The number of anilines is 1. The number of amides is 2. The molecule has 0 radical (unpaired) electrons. The lowest BCUT2D eigenvalue weighted by Gasteiger charge is -2.20. The maximum atomic E-state index is 12.8. The van der Waals surface area contributed by atoms with Gasteiger partial charge in [-0.25, -0.2) is 0 Å². The Morgan fingerprint density at radius 3 is 2.30 bits per heavy atom. The third-order valence-electron chi connectivity index (χ3n) is 4.49. The molecular weight excluding hydrogens is 444 g/mol. The topological polar surface area (TPSA) is 62.6 Å². The van der Waals surface area contributed by atoms with Gasteiger partial charge in [0.25, 0.3) is 5.91 Å². The number of rotatable bonds is 7. The van der Waals surface area contributed by atoms with E-state index < -0.39 is 0 Å². The second-order valence-electron chi connectivity index (χ2n) is 6.87. The third kappa shape index (κ3) is 5.85. The van der Waals surface area contributed by atoms with E-state index in [1.807, 2.05) is 43.3 Å². The predicted octanol–water partition coefficient (Wildman–Crippen LogP) is 4.81. The molecule has 1 aromatic heterocycles. The molecule has 0 unspecified atom stereocenters. The van der Waals surface area contributed by atoms with Crippen LogP contribution in [0.5, 0.6) is 0 Å². The lowest BCUT2D eigenvalue weighted by atomic mass is 10.1. The smallest absolute Gasteiger partial charge is 0.291 e. The van der Waals surface area contributed by atoms with E-state index in [-0.39, 0.29) is 30.5 Å². The van der Waals surface area contributed by atoms with Crippen molar-refractivity contribution in [3.05, 3.63) is 87.8 Å². The van der Waals surface area contributed by atoms with Gasteiger partial charge in [0.15, 0.2) is 10.4 Å². The SMILES string of the molecule is C#CCN(Cc1ccc(C)cc1)C(=O)Cc1ccc(NC(=O)c2ccc(Br)o2)cc1. The monoisotopic (exact) mass is 464 g/mol. The molecular formula is C24H21BrN2O3. The van der Waals surface area contributed by atoms with Crippen LogP contribution in [-0.2, 0) is 17.8 Å². The Morgan fingerprint density at radius 2 is 1.70 bits per heavy atom. The number of nitrogens with one attached hydrogen (secondary N) is 1. The summed E-state index contributed by atoms with van der Waals surface area (Å²) < 4.78 is 5.73. The van der Waals surface area contributed by atoms with Gasteiger partial charge in [-0.2, -0.15) is 0 Å². The van der Waals surface area contributed by atoms with E-state index in [0.717, 1.165) is 11.1 Å². The Balaban J connectivity index is 1.61. The molecule has 0 saturated heterocycles. The lowest BCUT2D eigenvalue weighted by Crippen LogP contribution is -2.32. The molecule has 152 valence electrons. The Labute approximate surface area is 184 Å². The minimum atomic E-state index is -0.345. The van der Waals surface area contributed by atoms with Gasteiger partial charge in [-0.05, 0) is 58.2 Å². The molecule has 0 fully saturated rings. The average molecular weight is 465 g/mol. The summed E-state index contributed by atoms with van der Waals surface area (Å²) in [7, 11) is 0. The van der Waals surface area contributed by atoms with E-state index in [4.69, 9.17) is 10.8 Å². The fourth-order valence-corrected chi connectivity index (χ4v) is 3.18. The number of terminal acetylenes is 1. The molecule has 30 heavy (non-hydrogen) atoms. The van der Waals surface area contributed by atoms with Crippen LogP contribution in [0.2, 0.25) is 0 Å².